The number of ether oxygens (including phenoxy) is 1. The van der Waals surface area contributed by atoms with E-state index in [1.165, 1.54) is 18.2 Å². The molecule has 6 nitrogen and oxygen atoms in total. The zero-order chi connectivity index (χ0) is 14.7. The SMILES string of the molecule is Cn1cccc1C(=O)COc1cc([N+](=O)[O-])ccc1Br. The van der Waals surface area contributed by atoms with E-state index in [2.05, 4.69) is 15.9 Å². The molecule has 0 amide bonds. The number of carbonyl (C=O) groups is 1. The average Bonchev–Trinajstić information content (AvgIpc) is 2.83. The Balaban J connectivity index is 2.11. The van der Waals surface area contributed by atoms with E-state index in [1.807, 2.05) is 0 Å². The van der Waals surface area contributed by atoms with Gasteiger partial charge in [0.15, 0.2) is 6.61 Å². The largest absolute Gasteiger partial charge is 0.484 e. The minimum atomic E-state index is -0.516. The van der Waals surface area contributed by atoms with Crippen molar-refractivity contribution in [1.29, 1.82) is 0 Å². The normalized spacial score (nSPS) is 10.3. The third kappa shape index (κ3) is 3.05. The Morgan fingerprint density at radius 2 is 2.20 bits per heavy atom. The molecular formula is C13H11BrN2O4. The van der Waals surface area contributed by atoms with Crippen LogP contribution >= 0.6 is 15.9 Å². The predicted molar refractivity (Wildman–Crippen MR) is 76.0 cm³/mol. The number of nitro groups is 1. The molecule has 104 valence electrons. The lowest BCUT2D eigenvalue weighted by Crippen LogP contribution is -2.14. The topological polar surface area (TPSA) is 74.4 Å². The van der Waals surface area contributed by atoms with Gasteiger partial charge in [0, 0.05) is 19.3 Å². The summed E-state index contributed by atoms with van der Waals surface area (Å²) < 4.78 is 7.60. The second-order valence-electron chi connectivity index (χ2n) is 4.09. The number of halogens is 1. The number of hydrogen-bond acceptors (Lipinski definition) is 4. The highest BCUT2D eigenvalue weighted by molar-refractivity contribution is 9.10. The molecule has 20 heavy (non-hydrogen) atoms. The molecule has 0 unspecified atom stereocenters. The Bertz CT molecular complexity index is 666. The Morgan fingerprint density at radius 3 is 2.80 bits per heavy atom. The number of aryl methyl sites for hydroxylation is 1. The zero-order valence-corrected chi connectivity index (χ0v) is 12.2. The summed E-state index contributed by atoms with van der Waals surface area (Å²) in [5.41, 5.74) is 0.432. The maximum atomic E-state index is 11.9. The van der Waals surface area contributed by atoms with Crippen LogP contribution in [0.3, 0.4) is 0 Å². The third-order valence-electron chi connectivity index (χ3n) is 2.71. The second-order valence-corrected chi connectivity index (χ2v) is 4.94. The summed E-state index contributed by atoms with van der Waals surface area (Å²) in [4.78, 5) is 22.1. The second kappa shape index (κ2) is 5.87. The van der Waals surface area contributed by atoms with E-state index in [0.29, 0.717) is 10.2 Å². The fourth-order valence-electron chi connectivity index (χ4n) is 1.68. The number of carbonyl (C=O) groups excluding carboxylic acids is 1. The van der Waals surface area contributed by atoms with E-state index < -0.39 is 4.92 Å². The number of non-ortho nitro benzene ring substituents is 1. The molecule has 0 aliphatic carbocycles. The first-order valence-corrected chi connectivity index (χ1v) is 6.49. The predicted octanol–water partition coefficient (Wildman–Crippen LogP) is 2.96. The third-order valence-corrected chi connectivity index (χ3v) is 3.37. The van der Waals surface area contributed by atoms with Crippen molar-refractivity contribution < 1.29 is 14.5 Å². The molecule has 2 rings (SSSR count). The molecule has 1 aromatic carbocycles. The summed E-state index contributed by atoms with van der Waals surface area (Å²) in [6.07, 6.45) is 1.76. The van der Waals surface area contributed by atoms with Crippen molar-refractivity contribution in [3.05, 3.63) is 56.8 Å². The van der Waals surface area contributed by atoms with Crippen LogP contribution in [-0.2, 0) is 7.05 Å². The standard InChI is InChI=1S/C13H11BrN2O4/c1-15-6-2-3-11(15)12(17)8-20-13-7-9(16(18)19)4-5-10(13)14/h2-7H,8H2,1H3. The maximum absolute atomic E-state index is 11.9. The lowest BCUT2D eigenvalue weighted by Gasteiger charge is -2.08. The van der Waals surface area contributed by atoms with Gasteiger partial charge in [0.2, 0.25) is 5.78 Å². The molecule has 0 atom stereocenters. The Labute approximate surface area is 123 Å². The van der Waals surface area contributed by atoms with E-state index in [0.717, 1.165) is 0 Å². The summed E-state index contributed by atoms with van der Waals surface area (Å²) in [5, 5.41) is 10.7. The number of hydrogen-bond donors (Lipinski definition) is 0. The molecule has 0 fully saturated rings. The number of nitrogens with zero attached hydrogens (tertiary/aromatic N) is 2. The monoisotopic (exact) mass is 338 g/mol. The van der Waals surface area contributed by atoms with Crippen molar-refractivity contribution in [2.24, 2.45) is 7.05 Å². The molecule has 0 spiro atoms. The maximum Gasteiger partial charge on any atom is 0.273 e. The van der Waals surface area contributed by atoms with Gasteiger partial charge in [-0.05, 0) is 34.1 Å². The molecular weight excluding hydrogens is 328 g/mol. The summed E-state index contributed by atoms with van der Waals surface area (Å²) in [5.74, 6) is 0.0673. The van der Waals surface area contributed by atoms with Crippen LogP contribution in [-0.4, -0.2) is 21.9 Å². The van der Waals surface area contributed by atoms with E-state index in [1.54, 1.807) is 29.9 Å². The molecule has 0 bridgehead atoms. The Kier molecular flexibility index (Phi) is 4.19. The van der Waals surface area contributed by atoms with Gasteiger partial charge >= 0.3 is 0 Å². The van der Waals surface area contributed by atoms with Crippen LogP contribution in [0, 0.1) is 10.1 Å². The highest BCUT2D eigenvalue weighted by Gasteiger charge is 2.14. The molecule has 0 N–H and O–H groups in total. The van der Waals surface area contributed by atoms with Gasteiger partial charge in [-0.3, -0.25) is 14.9 Å². The van der Waals surface area contributed by atoms with Gasteiger partial charge in [-0.15, -0.1) is 0 Å². The smallest absolute Gasteiger partial charge is 0.273 e. The van der Waals surface area contributed by atoms with Crippen LogP contribution < -0.4 is 4.74 Å². The summed E-state index contributed by atoms with van der Waals surface area (Å²) in [6.45, 7) is -0.183. The lowest BCUT2D eigenvalue weighted by molar-refractivity contribution is -0.384. The van der Waals surface area contributed by atoms with Crippen molar-refractivity contribution in [2.75, 3.05) is 6.61 Å². The van der Waals surface area contributed by atoms with Gasteiger partial charge in [-0.2, -0.15) is 0 Å². The molecule has 7 heteroatoms. The Hall–Kier alpha value is -2.15. The molecule has 1 aromatic heterocycles. The van der Waals surface area contributed by atoms with E-state index >= 15 is 0 Å². The number of aromatic nitrogens is 1. The highest BCUT2D eigenvalue weighted by Crippen LogP contribution is 2.29. The van der Waals surface area contributed by atoms with Crippen molar-refractivity contribution in [3.8, 4) is 5.75 Å². The number of ketones is 1. The summed E-state index contributed by atoms with van der Waals surface area (Å²) in [7, 11) is 1.76. The van der Waals surface area contributed by atoms with E-state index in [-0.39, 0.29) is 23.8 Å². The number of rotatable bonds is 5. The minimum absolute atomic E-state index is 0.0884. The summed E-state index contributed by atoms with van der Waals surface area (Å²) >= 11 is 3.23. The van der Waals surface area contributed by atoms with Crippen LogP contribution in [0.15, 0.2) is 41.0 Å². The fourth-order valence-corrected chi connectivity index (χ4v) is 2.05. The van der Waals surface area contributed by atoms with Crippen molar-refractivity contribution in [1.82, 2.24) is 4.57 Å². The van der Waals surface area contributed by atoms with E-state index in [9.17, 15) is 14.9 Å². The van der Waals surface area contributed by atoms with Crippen molar-refractivity contribution in [3.63, 3.8) is 0 Å². The van der Waals surface area contributed by atoms with Gasteiger partial charge < -0.3 is 9.30 Å². The molecule has 0 saturated carbocycles. The van der Waals surface area contributed by atoms with Gasteiger partial charge in [0.1, 0.15) is 5.75 Å². The first-order valence-electron chi connectivity index (χ1n) is 5.70. The van der Waals surface area contributed by atoms with Gasteiger partial charge in [-0.1, -0.05) is 0 Å². The summed E-state index contributed by atoms with van der Waals surface area (Å²) in [6, 6.07) is 7.60. The van der Waals surface area contributed by atoms with Crippen LogP contribution in [0.2, 0.25) is 0 Å². The van der Waals surface area contributed by atoms with Crippen LogP contribution in [0.4, 0.5) is 5.69 Å². The molecule has 2 aromatic rings. The van der Waals surface area contributed by atoms with Gasteiger partial charge in [-0.25, -0.2) is 0 Å². The molecule has 0 aliphatic rings. The van der Waals surface area contributed by atoms with E-state index in [4.69, 9.17) is 4.74 Å². The Morgan fingerprint density at radius 1 is 1.45 bits per heavy atom. The first kappa shape index (κ1) is 14.3. The van der Waals surface area contributed by atoms with Gasteiger partial charge in [0.05, 0.1) is 21.2 Å². The highest BCUT2D eigenvalue weighted by atomic mass is 79.9. The number of benzene rings is 1. The van der Waals surface area contributed by atoms with Crippen molar-refractivity contribution >= 4 is 27.4 Å². The first-order chi connectivity index (χ1) is 9.49. The zero-order valence-electron chi connectivity index (χ0n) is 10.6. The lowest BCUT2D eigenvalue weighted by atomic mass is 10.3. The minimum Gasteiger partial charge on any atom is -0.484 e. The molecule has 0 aliphatic heterocycles. The van der Waals surface area contributed by atoms with Crippen LogP contribution in [0.1, 0.15) is 10.5 Å². The fraction of sp³-hybridized carbons (Fsp3) is 0.154. The quantitative estimate of drug-likeness (QED) is 0.477. The van der Waals surface area contributed by atoms with Crippen LogP contribution in [0.5, 0.6) is 5.75 Å². The van der Waals surface area contributed by atoms with Gasteiger partial charge in [0.25, 0.3) is 5.69 Å². The number of nitro benzene ring substituents is 1. The molecule has 0 radical (unpaired) electrons. The number of Topliss-reactive ketones (excluding diaryl/α,β-unsaturated/α-hetero) is 1. The van der Waals surface area contributed by atoms with Crippen molar-refractivity contribution in [2.45, 2.75) is 0 Å². The average molecular weight is 339 g/mol. The molecule has 1 heterocycles. The van der Waals surface area contributed by atoms with Crippen LogP contribution in [0.25, 0.3) is 0 Å². The molecule has 0 saturated heterocycles.